The maximum atomic E-state index is 5.86. The molecule has 0 spiro atoms. The summed E-state index contributed by atoms with van der Waals surface area (Å²) in [6, 6.07) is 13.0. The Hall–Kier alpha value is -1.91. The van der Waals surface area contributed by atoms with Crippen molar-refractivity contribution in [2.75, 3.05) is 13.1 Å². The first-order valence-corrected chi connectivity index (χ1v) is 9.50. The summed E-state index contributed by atoms with van der Waals surface area (Å²) in [4.78, 5) is 7.22. The topological polar surface area (TPSA) is 29.3 Å². The molecule has 1 fully saturated rings. The van der Waals surface area contributed by atoms with Crippen LogP contribution in [0, 0.1) is 6.92 Å². The van der Waals surface area contributed by atoms with E-state index in [1.54, 1.807) is 11.3 Å². The average molecular weight is 338 g/mol. The van der Waals surface area contributed by atoms with Gasteiger partial charge >= 0.3 is 0 Å². The molecule has 1 saturated heterocycles. The van der Waals surface area contributed by atoms with Gasteiger partial charge in [0.05, 0.1) is 5.69 Å². The molecule has 1 aliphatic heterocycles. The smallest absolute Gasteiger partial charge is 0.227 e. The summed E-state index contributed by atoms with van der Waals surface area (Å²) >= 11 is 1.67. The Balaban J connectivity index is 1.39. The molecule has 24 heavy (non-hydrogen) atoms. The van der Waals surface area contributed by atoms with Crippen LogP contribution in [0.5, 0.6) is 0 Å². The fourth-order valence-corrected chi connectivity index (χ4v) is 4.08. The maximum absolute atomic E-state index is 5.86. The molecule has 0 N–H and O–H groups in total. The predicted octanol–water partition coefficient (Wildman–Crippen LogP) is 5.09. The van der Waals surface area contributed by atoms with Crippen molar-refractivity contribution in [1.29, 1.82) is 0 Å². The van der Waals surface area contributed by atoms with Gasteiger partial charge in [-0.25, -0.2) is 4.98 Å². The number of piperidine rings is 1. The number of rotatable bonds is 4. The summed E-state index contributed by atoms with van der Waals surface area (Å²) in [5.74, 6) is 2.39. The SMILES string of the molecule is Cc1oc(-c2ccsc2)nc1CN1CCC(c2ccccc2)CC1. The molecule has 3 heterocycles. The van der Waals surface area contributed by atoms with E-state index in [4.69, 9.17) is 9.40 Å². The van der Waals surface area contributed by atoms with Gasteiger partial charge < -0.3 is 4.42 Å². The van der Waals surface area contributed by atoms with Crippen LogP contribution in [0.25, 0.3) is 11.5 Å². The summed E-state index contributed by atoms with van der Waals surface area (Å²) in [7, 11) is 0. The zero-order valence-corrected chi connectivity index (χ0v) is 14.8. The minimum Gasteiger partial charge on any atom is -0.441 e. The average Bonchev–Trinajstić information content (AvgIpc) is 3.27. The Bertz CT molecular complexity index is 771. The predicted molar refractivity (Wildman–Crippen MR) is 98.2 cm³/mol. The Morgan fingerprint density at radius 1 is 1.17 bits per heavy atom. The Labute approximate surface area is 147 Å². The summed E-state index contributed by atoms with van der Waals surface area (Å²) in [5, 5.41) is 4.14. The molecule has 4 rings (SSSR count). The van der Waals surface area contributed by atoms with Crippen molar-refractivity contribution in [1.82, 2.24) is 9.88 Å². The third kappa shape index (κ3) is 3.30. The molecule has 0 radical (unpaired) electrons. The van der Waals surface area contributed by atoms with Crippen LogP contribution in [-0.2, 0) is 6.54 Å². The fourth-order valence-electron chi connectivity index (χ4n) is 3.45. The Morgan fingerprint density at radius 2 is 1.96 bits per heavy atom. The number of aromatic nitrogens is 1. The number of oxazole rings is 1. The summed E-state index contributed by atoms with van der Waals surface area (Å²) < 4.78 is 5.86. The van der Waals surface area contributed by atoms with Crippen LogP contribution in [0.1, 0.15) is 35.8 Å². The van der Waals surface area contributed by atoms with Crippen LogP contribution in [0.4, 0.5) is 0 Å². The van der Waals surface area contributed by atoms with E-state index in [0.717, 1.165) is 42.5 Å². The van der Waals surface area contributed by atoms with Crippen LogP contribution in [0.2, 0.25) is 0 Å². The van der Waals surface area contributed by atoms with Crippen molar-refractivity contribution in [3.63, 3.8) is 0 Å². The van der Waals surface area contributed by atoms with E-state index in [9.17, 15) is 0 Å². The van der Waals surface area contributed by atoms with Gasteiger partial charge in [-0.1, -0.05) is 30.3 Å². The van der Waals surface area contributed by atoms with Crippen molar-refractivity contribution in [2.45, 2.75) is 32.2 Å². The second-order valence-electron chi connectivity index (χ2n) is 6.50. The molecular formula is C20H22N2OS. The van der Waals surface area contributed by atoms with Crippen LogP contribution < -0.4 is 0 Å². The highest BCUT2D eigenvalue weighted by Crippen LogP contribution is 2.29. The van der Waals surface area contributed by atoms with Gasteiger partial charge in [-0.15, -0.1) is 0 Å². The zero-order valence-electron chi connectivity index (χ0n) is 13.9. The third-order valence-electron chi connectivity index (χ3n) is 4.89. The van der Waals surface area contributed by atoms with Crippen LogP contribution in [0.15, 0.2) is 51.6 Å². The van der Waals surface area contributed by atoms with E-state index >= 15 is 0 Å². The summed E-state index contributed by atoms with van der Waals surface area (Å²) in [6.07, 6.45) is 2.44. The van der Waals surface area contributed by atoms with Crippen molar-refractivity contribution in [2.24, 2.45) is 0 Å². The number of nitrogens with zero attached hydrogens (tertiary/aromatic N) is 2. The molecular weight excluding hydrogens is 316 g/mol. The summed E-state index contributed by atoms with van der Waals surface area (Å²) in [6.45, 7) is 5.16. The second-order valence-corrected chi connectivity index (χ2v) is 7.28. The first-order valence-electron chi connectivity index (χ1n) is 8.56. The highest BCUT2D eigenvalue weighted by Gasteiger charge is 2.22. The number of thiophene rings is 1. The molecule has 3 aromatic rings. The molecule has 1 aromatic carbocycles. The minimum absolute atomic E-state index is 0.697. The highest BCUT2D eigenvalue weighted by molar-refractivity contribution is 7.08. The number of aryl methyl sites for hydroxylation is 1. The molecule has 0 saturated carbocycles. The standard InChI is InChI=1S/C20H22N2OS/c1-15-19(21-20(23-15)18-9-12-24-14-18)13-22-10-7-17(8-11-22)16-5-3-2-4-6-16/h2-6,9,12,14,17H,7-8,10-11,13H2,1H3. The van der Waals surface area contributed by atoms with Crippen molar-refractivity contribution in [3.05, 3.63) is 64.2 Å². The number of benzene rings is 1. The van der Waals surface area contributed by atoms with Crippen LogP contribution >= 0.6 is 11.3 Å². The van der Waals surface area contributed by atoms with Gasteiger partial charge in [-0.05, 0) is 55.8 Å². The van der Waals surface area contributed by atoms with Gasteiger partial charge in [0.2, 0.25) is 5.89 Å². The zero-order chi connectivity index (χ0) is 16.4. The molecule has 4 heteroatoms. The molecule has 2 aromatic heterocycles. The van der Waals surface area contributed by atoms with Gasteiger partial charge in [0, 0.05) is 17.5 Å². The maximum Gasteiger partial charge on any atom is 0.227 e. The first kappa shape index (κ1) is 15.6. The van der Waals surface area contributed by atoms with Crippen molar-refractivity contribution < 1.29 is 4.42 Å². The largest absolute Gasteiger partial charge is 0.441 e. The normalized spacial score (nSPS) is 16.5. The molecule has 3 nitrogen and oxygen atoms in total. The number of hydrogen-bond donors (Lipinski definition) is 0. The lowest BCUT2D eigenvalue weighted by Crippen LogP contribution is -2.32. The van der Waals surface area contributed by atoms with E-state index in [0.29, 0.717) is 5.92 Å². The molecule has 1 aliphatic rings. The van der Waals surface area contributed by atoms with Crippen molar-refractivity contribution in [3.8, 4) is 11.5 Å². The number of likely N-dealkylation sites (tertiary alicyclic amines) is 1. The van der Waals surface area contributed by atoms with E-state index in [-0.39, 0.29) is 0 Å². The van der Waals surface area contributed by atoms with Gasteiger partial charge in [0.25, 0.3) is 0 Å². The van der Waals surface area contributed by atoms with E-state index in [2.05, 4.69) is 52.1 Å². The van der Waals surface area contributed by atoms with Gasteiger partial charge in [0.1, 0.15) is 5.76 Å². The molecule has 0 bridgehead atoms. The van der Waals surface area contributed by atoms with Gasteiger partial charge in [-0.2, -0.15) is 11.3 Å². The van der Waals surface area contributed by atoms with Crippen molar-refractivity contribution >= 4 is 11.3 Å². The molecule has 0 aliphatic carbocycles. The molecule has 0 unspecified atom stereocenters. The Kier molecular flexibility index (Phi) is 4.50. The summed E-state index contributed by atoms with van der Waals surface area (Å²) in [5.41, 5.74) is 3.64. The third-order valence-corrected chi connectivity index (χ3v) is 5.58. The lowest BCUT2D eigenvalue weighted by molar-refractivity contribution is 0.202. The van der Waals surface area contributed by atoms with Gasteiger partial charge in [-0.3, -0.25) is 4.90 Å². The number of hydrogen-bond acceptors (Lipinski definition) is 4. The van der Waals surface area contributed by atoms with Crippen LogP contribution in [-0.4, -0.2) is 23.0 Å². The second kappa shape index (κ2) is 6.91. The first-order chi connectivity index (χ1) is 11.8. The lowest BCUT2D eigenvalue weighted by atomic mass is 9.89. The Morgan fingerprint density at radius 3 is 2.67 bits per heavy atom. The highest BCUT2D eigenvalue weighted by atomic mass is 32.1. The molecule has 124 valence electrons. The van der Waals surface area contributed by atoms with E-state index in [1.165, 1.54) is 18.4 Å². The quantitative estimate of drug-likeness (QED) is 0.663. The monoisotopic (exact) mass is 338 g/mol. The molecule has 0 atom stereocenters. The van der Waals surface area contributed by atoms with E-state index in [1.807, 2.05) is 6.92 Å². The molecule has 0 amide bonds. The van der Waals surface area contributed by atoms with Crippen LogP contribution in [0.3, 0.4) is 0 Å². The lowest BCUT2D eigenvalue weighted by Gasteiger charge is -2.31. The van der Waals surface area contributed by atoms with Gasteiger partial charge in [0.15, 0.2) is 0 Å². The fraction of sp³-hybridized carbons (Fsp3) is 0.350. The minimum atomic E-state index is 0.697. The van der Waals surface area contributed by atoms with E-state index < -0.39 is 0 Å².